The Labute approximate surface area is 83.0 Å². The summed E-state index contributed by atoms with van der Waals surface area (Å²) in [5.74, 6) is 0.107. The highest BCUT2D eigenvalue weighted by Gasteiger charge is 2.16. The van der Waals surface area contributed by atoms with E-state index >= 15 is 0 Å². The van der Waals surface area contributed by atoms with Crippen molar-refractivity contribution in [2.75, 3.05) is 19.8 Å². The second-order valence-electron chi connectivity index (χ2n) is 3.33. The van der Waals surface area contributed by atoms with Crippen molar-refractivity contribution in [3.05, 3.63) is 17.0 Å². The van der Waals surface area contributed by atoms with Gasteiger partial charge in [0, 0.05) is 14.1 Å². The van der Waals surface area contributed by atoms with E-state index in [9.17, 15) is 4.79 Å². The van der Waals surface area contributed by atoms with Crippen LogP contribution in [-0.4, -0.2) is 34.9 Å². The summed E-state index contributed by atoms with van der Waals surface area (Å²) < 4.78 is 0. The Balaban J connectivity index is 3.28. The number of nitrogens with two attached hydrogens (primary N) is 1. The molecule has 1 amide bonds. The third kappa shape index (κ3) is 1.81. The average molecular weight is 194 g/mol. The molecular formula is C9H14N4O. The third-order valence-electron chi connectivity index (χ3n) is 1.91. The van der Waals surface area contributed by atoms with Gasteiger partial charge in [-0.2, -0.15) is 0 Å². The molecule has 0 saturated carbocycles. The Morgan fingerprint density at radius 3 is 2.00 bits per heavy atom. The molecule has 0 aliphatic carbocycles. The van der Waals surface area contributed by atoms with Crippen molar-refractivity contribution in [3.8, 4) is 0 Å². The third-order valence-corrected chi connectivity index (χ3v) is 1.91. The molecule has 0 unspecified atom stereocenters. The lowest BCUT2D eigenvalue weighted by atomic mass is 10.1. The highest BCUT2D eigenvalue weighted by atomic mass is 16.2. The Morgan fingerprint density at radius 1 is 1.21 bits per heavy atom. The van der Waals surface area contributed by atoms with E-state index in [0.717, 1.165) is 0 Å². The largest absolute Gasteiger partial charge is 0.368 e. The number of carbonyl (C=O) groups is 1. The van der Waals surface area contributed by atoms with E-state index in [2.05, 4.69) is 9.97 Å². The van der Waals surface area contributed by atoms with E-state index in [1.807, 2.05) is 0 Å². The van der Waals surface area contributed by atoms with Gasteiger partial charge >= 0.3 is 0 Å². The van der Waals surface area contributed by atoms with Crippen LogP contribution in [0.3, 0.4) is 0 Å². The molecule has 0 spiro atoms. The van der Waals surface area contributed by atoms with Gasteiger partial charge in [0.2, 0.25) is 5.95 Å². The molecule has 2 N–H and O–H groups in total. The summed E-state index contributed by atoms with van der Waals surface area (Å²) in [4.78, 5) is 21.1. The van der Waals surface area contributed by atoms with Crippen LogP contribution in [0.5, 0.6) is 0 Å². The Kier molecular flexibility index (Phi) is 2.69. The Morgan fingerprint density at radius 2 is 1.64 bits per heavy atom. The van der Waals surface area contributed by atoms with Crippen LogP contribution in [0.25, 0.3) is 0 Å². The number of anilines is 1. The van der Waals surface area contributed by atoms with E-state index in [1.54, 1.807) is 27.9 Å². The van der Waals surface area contributed by atoms with Crippen molar-refractivity contribution >= 4 is 11.9 Å². The second-order valence-corrected chi connectivity index (χ2v) is 3.33. The van der Waals surface area contributed by atoms with Gasteiger partial charge in [0.05, 0.1) is 17.0 Å². The average Bonchev–Trinajstić information content (AvgIpc) is 2.01. The van der Waals surface area contributed by atoms with Crippen molar-refractivity contribution in [2.45, 2.75) is 13.8 Å². The van der Waals surface area contributed by atoms with Crippen molar-refractivity contribution in [3.63, 3.8) is 0 Å². The normalized spacial score (nSPS) is 10.0. The minimum atomic E-state index is -0.0972. The van der Waals surface area contributed by atoms with E-state index in [1.165, 1.54) is 4.90 Å². The molecular weight excluding hydrogens is 180 g/mol. The number of hydrogen-bond donors (Lipinski definition) is 1. The molecule has 0 radical (unpaired) electrons. The summed E-state index contributed by atoms with van der Waals surface area (Å²) in [6.45, 7) is 3.50. The maximum absolute atomic E-state index is 11.7. The summed E-state index contributed by atoms with van der Waals surface area (Å²) in [7, 11) is 3.38. The monoisotopic (exact) mass is 194 g/mol. The number of aryl methyl sites for hydroxylation is 2. The zero-order valence-electron chi connectivity index (χ0n) is 8.83. The van der Waals surface area contributed by atoms with Gasteiger partial charge in [0.15, 0.2) is 0 Å². The Hall–Kier alpha value is -1.65. The molecule has 1 rings (SSSR count). The number of aromatic nitrogens is 2. The van der Waals surface area contributed by atoms with Gasteiger partial charge in [-0.25, -0.2) is 9.97 Å². The van der Waals surface area contributed by atoms with Crippen LogP contribution in [0, 0.1) is 13.8 Å². The molecule has 5 nitrogen and oxygen atoms in total. The van der Waals surface area contributed by atoms with E-state index in [4.69, 9.17) is 5.73 Å². The molecule has 0 bridgehead atoms. The number of carbonyl (C=O) groups excluding carboxylic acids is 1. The fourth-order valence-corrected chi connectivity index (χ4v) is 1.28. The number of amides is 1. The van der Waals surface area contributed by atoms with Crippen molar-refractivity contribution in [1.82, 2.24) is 14.9 Å². The van der Waals surface area contributed by atoms with Gasteiger partial charge < -0.3 is 10.6 Å². The molecule has 0 fully saturated rings. The molecule has 0 aliphatic rings. The number of hydrogen-bond acceptors (Lipinski definition) is 4. The Bertz CT molecular complexity index is 350. The lowest BCUT2D eigenvalue weighted by Crippen LogP contribution is -2.24. The lowest BCUT2D eigenvalue weighted by molar-refractivity contribution is 0.0825. The van der Waals surface area contributed by atoms with Gasteiger partial charge in [0.1, 0.15) is 0 Å². The van der Waals surface area contributed by atoms with Crippen LogP contribution in [0.15, 0.2) is 0 Å². The molecule has 1 heterocycles. The molecule has 0 atom stereocenters. The smallest absolute Gasteiger partial charge is 0.257 e. The second kappa shape index (κ2) is 3.61. The number of rotatable bonds is 1. The van der Waals surface area contributed by atoms with Crippen molar-refractivity contribution < 1.29 is 4.79 Å². The molecule has 5 heteroatoms. The van der Waals surface area contributed by atoms with Crippen LogP contribution >= 0.6 is 0 Å². The molecule has 14 heavy (non-hydrogen) atoms. The molecule has 1 aromatic heterocycles. The van der Waals surface area contributed by atoms with Crippen LogP contribution in [-0.2, 0) is 0 Å². The highest BCUT2D eigenvalue weighted by molar-refractivity contribution is 5.96. The van der Waals surface area contributed by atoms with Gasteiger partial charge in [-0.15, -0.1) is 0 Å². The standard InChI is InChI=1S/C9H14N4O/c1-5-7(8(14)13(3)4)6(2)12-9(10)11-5/h1-4H3,(H2,10,11,12). The fourth-order valence-electron chi connectivity index (χ4n) is 1.28. The lowest BCUT2D eigenvalue weighted by Gasteiger charge is -2.13. The van der Waals surface area contributed by atoms with Crippen LogP contribution in [0.2, 0.25) is 0 Å². The maximum Gasteiger partial charge on any atom is 0.257 e. The summed E-state index contributed by atoms with van der Waals surface area (Å²) in [6, 6.07) is 0. The van der Waals surface area contributed by atoms with Gasteiger partial charge in [0.25, 0.3) is 5.91 Å². The zero-order chi connectivity index (χ0) is 10.9. The summed E-state index contributed by atoms with van der Waals surface area (Å²) in [5.41, 5.74) is 7.23. The minimum Gasteiger partial charge on any atom is -0.368 e. The summed E-state index contributed by atoms with van der Waals surface area (Å²) in [5, 5.41) is 0. The predicted octanol–water partition coefficient (Wildman–Crippen LogP) is 0.377. The first-order chi connectivity index (χ1) is 6.43. The highest BCUT2D eigenvalue weighted by Crippen LogP contribution is 2.12. The number of nitrogens with zero attached hydrogens (tertiary/aromatic N) is 3. The van der Waals surface area contributed by atoms with Crippen LogP contribution < -0.4 is 5.73 Å². The van der Waals surface area contributed by atoms with Crippen LogP contribution in [0.4, 0.5) is 5.95 Å². The first kappa shape index (κ1) is 10.4. The predicted molar refractivity (Wildman–Crippen MR) is 53.9 cm³/mol. The van der Waals surface area contributed by atoms with Crippen LogP contribution in [0.1, 0.15) is 21.7 Å². The fraction of sp³-hybridized carbons (Fsp3) is 0.444. The van der Waals surface area contributed by atoms with Gasteiger partial charge in [-0.3, -0.25) is 4.79 Å². The quantitative estimate of drug-likeness (QED) is 0.701. The zero-order valence-corrected chi connectivity index (χ0v) is 8.83. The van der Waals surface area contributed by atoms with E-state index in [-0.39, 0.29) is 11.9 Å². The van der Waals surface area contributed by atoms with Gasteiger partial charge in [-0.05, 0) is 13.8 Å². The topological polar surface area (TPSA) is 72.1 Å². The molecule has 0 aromatic carbocycles. The maximum atomic E-state index is 11.7. The summed E-state index contributed by atoms with van der Waals surface area (Å²) in [6.07, 6.45) is 0. The number of nitrogen functional groups attached to an aromatic ring is 1. The van der Waals surface area contributed by atoms with Crippen molar-refractivity contribution in [2.24, 2.45) is 0 Å². The minimum absolute atomic E-state index is 0.0972. The molecule has 76 valence electrons. The summed E-state index contributed by atoms with van der Waals surface area (Å²) >= 11 is 0. The first-order valence-electron chi connectivity index (χ1n) is 4.26. The van der Waals surface area contributed by atoms with E-state index < -0.39 is 0 Å². The molecule has 0 saturated heterocycles. The first-order valence-corrected chi connectivity index (χ1v) is 4.26. The molecule has 1 aromatic rings. The molecule has 0 aliphatic heterocycles. The van der Waals surface area contributed by atoms with E-state index in [0.29, 0.717) is 17.0 Å². The van der Waals surface area contributed by atoms with Crippen molar-refractivity contribution in [1.29, 1.82) is 0 Å². The SMILES string of the molecule is Cc1nc(N)nc(C)c1C(=O)N(C)C. The van der Waals surface area contributed by atoms with Gasteiger partial charge in [-0.1, -0.05) is 0 Å².